The van der Waals surface area contributed by atoms with Crippen LogP contribution in [0.3, 0.4) is 0 Å². The second-order valence-electron chi connectivity index (χ2n) is 3.84. The van der Waals surface area contributed by atoms with Gasteiger partial charge in [-0.05, 0) is 18.2 Å². The Morgan fingerprint density at radius 3 is 2.78 bits per heavy atom. The largest absolute Gasteiger partial charge is 0.453 e. The first-order valence-corrected chi connectivity index (χ1v) is 5.52. The summed E-state index contributed by atoms with van der Waals surface area (Å²) in [6.45, 7) is 0. The van der Waals surface area contributed by atoms with E-state index in [0.29, 0.717) is 17.8 Å². The molecule has 0 saturated carbocycles. The van der Waals surface area contributed by atoms with Crippen LogP contribution in [0.2, 0.25) is 0 Å². The van der Waals surface area contributed by atoms with Gasteiger partial charge in [-0.1, -0.05) is 18.2 Å². The number of nitrogens with zero attached hydrogens (tertiary/aromatic N) is 1. The lowest BCUT2D eigenvalue weighted by atomic mass is 10.1. The molecule has 3 rings (SSSR count). The van der Waals surface area contributed by atoms with E-state index in [0.717, 1.165) is 17.0 Å². The third-order valence-electron chi connectivity index (χ3n) is 2.66. The Hall–Kier alpha value is -2.62. The molecule has 1 N–H and O–H groups in total. The maximum atomic E-state index is 10.6. The van der Waals surface area contributed by atoms with Crippen LogP contribution in [-0.2, 0) is 0 Å². The van der Waals surface area contributed by atoms with E-state index in [1.807, 2.05) is 24.3 Å². The van der Waals surface area contributed by atoms with E-state index in [1.54, 1.807) is 24.5 Å². The minimum absolute atomic E-state index is 0.327. The van der Waals surface area contributed by atoms with Crippen molar-refractivity contribution in [2.45, 2.75) is 0 Å². The molecule has 3 aromatic rings. The van der Waals surface area contributed by atoms with E-state index >= 15 is 0 Å². The zero-order chi connectivity index (χ0) is 12.4. The predicted octanol–water partition coefficient (Wildman–Crippen LogP) is 3.15. The first kappa shape index (κ1) is 10.5. The quantitative estimate of drug-likeness (QED) is 0.713. The van der Waals surface area contributed by atoms with Crippen molar-refractivity contribution in [3.8, 4) is 22.7 Å². The summed E-state index contributed by atoms with van der Waals surface area (Å²) in [6, 6.07) is 11.2. The van der Waals surface area contributed by atoms with Crippen molar-refractivity contribution in [1.82, 2.24) is 9.97 Å². The molecule has 0 bridgehead atoms. The van der Waals surface area contributed by atoms with E-state index < -0.39 is 0 Å². The van der Waals surface area contributed by atoms with Crippen LogP contribution in [0, 0.1) is 0 Å². The molecular formula is C14H10N2O2. The van der Waals surface area contributed by atoms with Gasteiger partial charge in [-0.25, -0.2) is 4.98 Å². The Labute approximate surface area is 103 Å². The lowest BCUT2D eigenvalue weighted by Gasteiger charge is -2.00. The highest BCUT2D eigenvalue weighted by atomic mass is 16.3. The van der Waals surface area contributed by atoms with Crippen molar-refractivity contribution in [1.29, 1.82) is 0 Å². The first-order chi connectivity index (χ1) is 8.86. The van der Waals surface area contributed by atoms with Crippen LogP contribution in [0.5, 0.6) is 0 Å². The van der Waals surface area contributed by atoms with Crippen molar-refractivity contribution < 1.29 is 9.21 Å². The number of aldehydes is 1. The molecule has 1 aromatic carbocycles. The van der Waals surface area contributed by atoms with Gasteiger partial charge in [-0.3, -0.25) is 4.79 Å². The van der Waals surface area contributed by atoms with Gasteiger partial charge in [0.05, 0.1) is 0 Å². The van der Waals surface area contributed by atoms with Crippen LogP contribution in [-0.4, -0.2) is 16.3 Å². The topological polar surface area (TPSA) is 58.9 Å². The molecule has 0 spiro atoms. The monoisotopic (exact) mass is 238 g/mol. The van der Waals surface area contributed by atoms with Crippen LogP contribution in [0.15, 0.2) is 53.2 Å². The van der Waals surface area contributed by atoms with Gasteiger partial charge in [0.1, 0.15) is 11.6 Å². The average molecular weight is 238 g/mol. The molecule has 2 heterocycles. The van der Waals surface area contributed by atoms with Gasteiger partial charge < -0.3 is 9.40 Å². The summed E-state index contributed by atoms with van der Waals surface area (Å²) in [4.78, 5) is 17.8. The number of imidazole rings is 1. The SMILES string of the molecule is O=Cc1ccc(-c2cccc(-c3ncc[nH]3)c2)o1. The van der Waals surface area contributed by atoms with Crippen LogP contribution >= 0.6 is 0 Å². The molecule has 0 aliphatic rings. The Balaban J connectivity index is 2.03. The zero-order valence-electron chi connectivity index (χ0n) is 9.46. The third kappa shape index (κ3) is 1.84. The number of H-pyrrole nitrogens is 1. The molecule has 0 aliphatic heterocycles. The minimum Gasteiger partial charge on any atom is -0.453 e. The molecule has 0 saturated heterocycles. The van der Waals surface area contributed by atoms with E-state index in [1.165, 1.54) is 0 Å². The number of aromatic nitrogens is 2. The second-order valence-corrected chi connectivity index (χ2v) is 3.84. The fourth-order valence-electron chi connectivity index (χ4n) is 1.81. The van der Waals surface area contributed by atoms with Gasteiger partial charge in [0.2, 0.25) is 0 Å². The van der Waals surface area contributed by atoms with Gasteiger partial charge in [-0.2, -0.15) is 0 Å². The Morgan fingerprint density at radius 2 is 2.06 bits per heavy atom. The summed E-state index contributed by atoms with van der Waals surface area (Å²) in [7, 11) is 0. The van der Waals surface area contributed by atoms with Crippen molar-refractivity contribution in [2.24, 2.45) is 0 Å². The number of carbonyl (C=O) groups is 1. The minimum atomic E-state index is 0.327. The van der Waals surface area contributed by atoms with Crippen LogP contribution in [0.1, 0.15) is 10.6 Å². The number of carbonyl (C=O) groups excluding carboxylic acids is 1. The van der Waals surface area contributed by atoms with Crippen molar-refractivity contribution in [3.63, 3.8) is 0 Å². The number of nitrogens with one attached hydrogen (secondary N) is 1. The van der Waals surface area contributed by atoms with Crippen LogP contribution in [0.25, 0.3) is 22.7 Å². The van der Waals surface area contributed by atoms with E-state index in [2.05, 4.69) is 9.97 Å². The standard InChI is InChI=1S/C14H10N2O2/c17-9-12-4-5-13(18-12)10-2-1-3-11(8-10)14-15-6-7-16-14/h1-9H,(H,15,16). The summed E-state index contributed by atoms with van der Waals surface area (Å²) in [5.41, 5.74) is 1.89. The number of benzene rings is 1. The van der Waals surface area contributed by atoms with Crippen molar-refractivity contribution in [3.05, 3.63) is 54.6 Å². The smallest absolute Gasteiger partial charge is 0.185 e. The first-order valence-electron chi connectivity index (χ1n) is 5.52. The van der Waals surface area contributed by atoms with Crippen LogP contribution < -0.4 is 0 Å². The van der Waals surface area contributed by atoms with E-state index in [-0.39, 0.29) is 0 Å². The summed E-state index contributed by atoms with van der Waals surface area (Å²) in [5.74, 6) is 1.80. The predicted molar refractivity (Wildman–Crippen MR) is 67.1 cm³/mol. The summed E-state index contributed by atoms with van der Waals surface area (Å²) in [6.07, 6.45) is 4.18. The molecule has 4 heteroatoms. The summed E-state index contributed by atoms with van der Waals surface area (Å²) >= 11 is 0. The van der Waals surface area contributed by atoms with Gasteiger partial charge in [0.15, 0.2) is 12.0 Å². The summed E-state index contributed by atoms with van der Waals surface area (Å²) in [5, 5.41) is 0. The molecule has 0 amide bonds. The number of hydrogen-bond donors (Lipinski definition) is 1. The van der Waals surface area contributed by atoms with Gasteiger partial charge in [0.25, 0.3) is 0 Å². The fraction of sp³-hybridized carbons (Fsp3) is 0. The molecule has 0 unspecified atom stereocenters. The zero-order valence-corrected chi connectivity index (χ0v) is 9.46. The molecule has 0 atom stereocenters. The molecule has 88 valence electrons. The normalized spacial score (nSPS) is 10.4. The summed E-state index contributed by atoms with van der Waals surface area (Å²) < 4.78 is 5.39. The maximum absolute atomic E-state index is 10.6. The lowest BCUT2D eigenvalue weighted by molar-refractivity contribution is 0.110. The van der Waals surface area contributed by atoms with Crippen molar-refractivity contribution in [2.75, 3.05) is 0 Å². The Kier molecular flexibility index (Phi) is 2.53. The average Bonchev–Trinajstić information content (AvgIpc) is 3.10. The molecule has 0 radical (unpaired) electrons. The number of hydrogen-bond acceptors (Lipinski definition) is 3. The number of furan rings is 1. The molecule has 2 aromatic heterocycles. The van der Waals surface area contributed by atoms with Gasteiger partial charge in [-0.15, -0.1) is 0 Å². The maximum Gasteiger partial charge on any atom is 0.185 e. The van der Waals surface area contributed by atoms with E-state index in [9.17, 15) is 4.79 Å². The molecule has 18 heavy (non-hydrogen) atoms. The Morgan fingerprint density at radius 1 is 1.17 bits per heavy atom. The van der Waals surface area contributed by atoms with Gasteiger partial charge in [0, 0.05) is 23.5 Å². The van der Waals surface area contributed by atoms with Crippen molar-refractivity contribution >= 4 is 6.29 Å². The lowest BCUT2D eigenvalue weighted by Crippen LogP contribution is -1.81. The van der Waals surface area contributed by atoms with Gasteiger partial charge >= 0.3 is 0 Å². The molecular weight excluding hydrogens is 228 g/mol. The van der Waals surface area contributed by atoms with E-state index in [4.69, 9.17) is 4.42 Å². The third-order valence-corrected chi connectivity index (χ3v) is 2.66. The highest BCUT2D eigenvalue weighted by molar-refractivity contribution is 5.74. The number of rotatable bonds is 3. The molecule has 4 nitrogen and oxygen atoms in total. The number of aromatic amines is 1. The molecule has 0 fully saturated rings. The highest BCUT2D eigenvalue weighted by Gasteiger charge is 2.06. The fourth-order valence-corrected chi connectivity index (χ4v) is 1.81. The Bertz CT molecular complexity index is 669. The highest BCUT2D eigenvalue weighted by Crippen LogP contribution is 2.25. The van der Waals surface area contributed by atoms with Crippen LogP contribution in [0.4, 0.5) is 0 Å². The molecule has 0 aliphatic carbocycles. The second kappa shape index (κ2) is 4.33.